The highest BCUT2D eigenvalue weighted by Gasteiger charge is 2.29. The average molecular weight is 216 g/mol. The summed E-state index contributed by atoms with van der Waals surface area (Å²) in [5.74, 6) is 0.679. The molecule has 4 heteroatoms. The van der Waals surface area contributed by atoms with Crippen molar-refractivity contribution in [2.75, 3.05) is 0 Å². The second-order valence-electron chi connectivity index (χ2n) is 3.65. The monoisotopic (exact) mass is 215 g/mol. The lowest BCUT2D eigenvalue weighted by Gasteiger charge is -2.11. The molecule has 0 radical (unpaired) electrons. The summed E-state index contributed by atoms with van der Waals surface area (Å²) in [5, 5.41) is 18.5. The summed E-state index contributed by atoms with van der Waals surface area (Å²) in [6, 6.07) is 4.49. The van der Waals surface area contributed by atoms with Crippen LogP contribution < -0.4 is 5.73 Å². The first kappa shape index (κ1) is 11.1. The van der Waals surface area contributed by atoms with Crippen LogP contribution in [0.5, 0.6) is 11.5 Å². The van der Waals surface area contributed by atoms with Crippen molar-refractivity contribution in [3.05, 3.63) is 23.8 Å². The second kappa shape index (κ2) is 4.07. The van der Waals surface area contributed by atoms with Gasteiger partial charge in [-0.25, -0.2) is 0 Å². The molecule has 1 aromatic carbocycles. The first-order valence-electron chi connectivity index (χ1n) is 4.45. The summed E-state index contributed by atoms with van der Waals surface area (Å²) in [7, 11) is 0. The number of rotatable bonds is 2. The molecule has 0 saturated heterocycles. The van der Waals surface area contributed by atoms with Crippen LogP contribution in [0.3, 0.4) is 0 Å². The standard InChI is InChI=1S/C10H13NO2.ClH/c11-10(6-1-2-6)7-3-8(12)5-9(13)4-7;/h3-6,10,12-13H,1-2,11H2;1H/t10-;/m0./s1. The van der Waals surface area contributed by atoms with E-state index in [2.05, 4.69) is 0 Å². The van der Waals surface area contributed by atoms with Crippen LogP contribution in [0.2, 0.25) is 0 Å². The van der Waals surface area contributed by atoms with Crippen molar-refractivity contribution in [1.82, 2.24) is 0 Å². The van der Waals surface area contributed by atoms with E-state index >= 15 is 0 Å². The third-order valence-corrected chi connectivity index (χ3v) is 2.44. The topological polar surface area (TPSA) is 66.5 Å². The van der Waals surface area contributed by atoms with Crippen LogP contribution in [0.1, 0.15) is 24.4 Å². The predicted molar refractivity (Wildman–Crippen MR) is 56.7 cm³/mol. The van der Waals surface area contributed by atoms with Gasteiger partial charge in [-0.1, -0.05) is 0 Å². The van der Waals surface area contributed by atoms with Crippen LogP contribution in [0, 0.1) is 5.92 Å². The van der Waals surface area contributed by atoms with Gasteiger partial charge >= 0.3 is 0 Å². The minimum atomic E-state index is -0.0435. The van der Waals surface area contributed by atoms with E-state index in [4.69, 9.17) is 5.73 Å². The molecule has 3 nitrogen and oxygen atoms in total. The molecule has 14 heavy (non-hydrogen) atoms. The molecule has 1 saturated carbocycles. The van der Waals surface area contributed by atoms with Gasteiger partial charge in [-0.2, -0.15) is 0 Å². The summed E-state index contributed by atoms with van der Waals surface area (Å²) in [4.78, 5) is 0. The van der Waals surface area contributed by atoms with Gasteiger partial charge in [0, 0.05) is 12.1 Å². The fourth-order valence-corrected chi connectivity index (χ4v) is 1.54. The maximum Gasteiger partial charge on any atom is 0.119 e. The summed E-state index contributed by atoms with van der Waals surface area (Å²) in [5.41, 5.74) is 6.74. The molecule has 0 spiro atoms. The number of phenolic OH excluding ortho intramolecular Hbond substituents is 2. The highest BCUT2D eigenvalue weighted by Crippen LogP contribution is 2.40. The van der Waals surface area contributed by atoms with Gasteiger partial charge in [0.05, 0.1) is 0 Å². The first-order chi connectivity index (χ1) is 6.16. The van der Waals surface area contributed by atoms with Gasteiger partial charge in [0.15, 0.2) is 0 Å². The lowest BCUT2D eigenvalue weighted by Crippen LogP contribution is -2.11. The van der Waals surface area contributed by atoms with E-state index in [0.717, 1.165) is 18.4 Å². The number of nitrogens with two attached hydrogens (primary N) is 1. The Kier molecular flexibility index (Phi) is 3.24. The number of hydrogen-bond acceptors (Lipinski definition) is 3. The lowest BCUT2D eigenvalue weighted by atomic mass is 10.0. The summed E-state index contributed by atoms with van der Waals surface area (Å²) >= 11 is 0. The van der Waals surface area contributed by atoms with Crippen molar-refractivity contribution in [2.45, 2.75) is 18.9 Å². The third-order valence-electron chi connectivity index (χ3n) is 2.44. The minimum absolute atomic E-state index is 0. The molecule has 0 aliphatic heterocycles. The van der Waals surface area contributed by atoms with Crippen molar-refractivity contribution in [2.24, 2.45) is 11.7 Å². The Balaban J connectivity index is 0.000000980. The fraction of sp³-hybridized carbons (Fsp3) is 0.400. The van der Waals surface area contributed by atoms with Crippen LogP contribution >= 0.6 is 12.4 Å². The van der Waals surface area contributed by atoms with Gasteiger partial charge < -0.3 is 15.9 Å². The highest BCUT2D eigenvalue weighted by atomic mass is 35.5. The molecular weight excluding hydrogens is 202 g/mol. The van der Waals surface area contributed by atoms with Gasteiger partial charge in [-0.3, -0.25) is 0 Å². The van der Waals surface area contributed by atoms with E-state index in [9.17, 15) is 10.2 Å². The minimum Gasteiger partial charge on any atom is -0.508 e. The molecule has 4 N–H and O–H groups in total. The van der Waals surface area contributed by atoms with E-state index in [-0.39, 0.29) is 29.9 Å². The van der Waals surface area contributed by atoms with Crippen molar-refractivity contribution >= 4 is 12.4 Å². The normalized spacial score (nSPS) is 17.2. The number of hydrogen-bond donors (Lipinski definition) is 3. The molecule has 1 aromatic rings. The maximum atomic E-state index is 9.23. The van der Waals surface area contributed by atoms with Crippen LogP contribution in [-0.2, 0) is 0 Å². The molecule has 0 heterocycles. The second-order valence-corrected chi connectivity index (χ2v) is 3.65. The Hall–Kier alpha value is -0.930. The number of benzene rings is 1. The van der Waals surface area contributed by atoms with E-state index in [1.54, 1.807) is 12.1 Å². The van der Waals surface area contributed by atoms with Gasteiger partial charge in [0.1, 0.15) is 11.5 Å². The van der Waals surface area contributed by atoms with Crippen LogP contribution in [0.4, 0.5) is 0 Å². The molecule has 1 aliphatic carbocycles. The third kappa shape index (κ3) is 2.30. The summed E-state index contributed by atoms with van der Waals surface area (Å²) in [6.07, 6.45) is 2.30. The van der Waals surface area contributed by atoms with Crippen LogP contribution in [0.15, 0.2) is 18.2 Å². The molecule has 0 unspecified atom stereocenters. The molecular formula is C10H14ClNO2. The quantitative estimate of drug-likeness (QED) is 0.706. The zero-order chi connectivity index (χ0) is 9.42. The molecule has 1 atom stereocenters. The van der Waals surface area contributed by atoms with Crippen LogP contribution in [0.25, 0.3) is 0 Å². The molecule has 1 aliphatic rings. The van der Waals surface area contributed by atoms with Crippen molar-refractivity contribution in [1.29, 1.82) is 0 Å². The Morgan fingerprint density at radius 1 is 1.14 bits per heavy atom. The van der Waals surface area contributed by atoms with Gasteiger partial charge in [-0.05, 0) is 36.5 Å². The summed E-state index contributed by atoms with van der Waals surface area (Å²) in [6.45, 7) is 0. The Labute approximate surface area is 89.0 Å². The zero-order valence-corrected chi connectivity index (χ0v) is 8.50. The average Bonchev–Trinajstić information content (AvgIpc) is 2.83. The molecule has 0 aromatic heterocycles. The largest absolute Gasteiger partial charge is 0.508 e. The molecule has 1 fully saturated rings. The van der Waals surface area contributed by atoms with E-state index < -0.39 is 0 Å². The number of aromatic hydroxyl groups is 2. The molecule has 78 valence electrons. The van der Waals surface area contributed by atoms with Gasteiger partial charge in [0.2, 0.25) is 0 Å². The number of halogens is 1. The molecule has 0 bridgehead atoms. The van der Waals surface area contributed by atoms with Crippen molar-refractivity contribution in [3.63, 3.8) is 0 Å². The lowest BCUT2D eigenvalue weighted by molar-refractivity contribution is 0.447. The SMILES string of the molecule is Cl.N[C@H](c1cc(O)cc(O)c1)C1CC1. The van der Waals surface area contributed by atoms with Gasteiger partial charge in [0.25, 0.3) is 0 Å². The zero-order valence-electron chi connectivity index (χ0n) is 7.68. The maximum absolute atomic E-state index is 9.23. The number of phenols is 2. The first-order valence-corrected chi connectivity index (χ1v) is 4.45. The predicted octanol–water partition coefficient (Wildman–Crippen LogP) is 1.93. The van der Waals surface area contributed by atoms with Crippen molar-refractivity contribution in [3.8, 4) is 11.5 Å². The Bertz CT molecular complexity index is 306. The van der Waals surface area contributed by atoms with E-state index in [1.165, 1.54) is 6.07 Å². The Morgan fingerprint density at radius 2 is 1.64 bits per heavy atom. The fourth-order valence-electron chi connectivity index (χ4n) is 1.54. The highest BCUT2D eigenvalue weighted by molar-refractivity contribution is 5.85. The van der Waals surface area contributed by atoms with E-state index in [1.807, 2.05) is 0 Å². The van der Waals surface area contributed by atoms with E-state index in [0.29, 0.717) is 5.92 Å². The summed E-state index contributed by atoms with van der Waals surface area (Å²) < 4.78 is 0. The Morgan fingerprint density at radius 3 is 2.07 bits per heavy atom. The van der Waals surface area contributed by atoms with Gasteiger partial charge in [-0.15, -0.1) is 12.4 Å². The van der Waals surface area contributed by atoms with Crippen LogP contribution in [-0.4, -0.2) is 10.2 Å². The molecule has 2 rings (SSSR count). The van der Waals surface area contributed by atoms with Crippen molar-refractivity contribution < 1.29 is 10.2 Å². The smallest absolute Gasteiger partial charge is 0.119 e. The molecule has 0 amide bonds.